The van der Waals surface area contributed by atoms with E-state index in [1.165, 1.54) is 18.2 Å². The number of carbonyl (C=O) groups is 1. The van der Waals surface area contributed by atoms with E-state index >= 15 is 0 Å². The predicted octanol–water partition coefficient (Wildman–Crippen LogP) is 0.959. The molecule has 0 bridgehead atoms. The Kier molecular flexibility index (Phi) is 3.19. The van der Waals surface area contributed by atoms with Gasteiger partial charge in [0.05, 0.1) is 12.7 Å². The molecule has 92 valence electrons. The summed E-state index contributed by atoms with van der Waals surface area (Å²) in [5, 5.41) is 19.2. The first-order chi connectivity index (χ1) is 8.09. The fourth-order valence-corrected chi connectivity index (χ4v) is 1.91. The molecule has 1 aromatic rings. The van der Waals surface area contributed by atoms with Gasteiger partial charge in [-0.3, -0.25) is 4.79 Å². The molecular weight excluding hydrogens is 222 g/mol. The zero-order valence-electron chi connectivity index (χ0n) is 9.59. The zero-order valence-corrected chi connectivity index (χ0v) is 9.59. The van der Waals surface area contributed by atoms with E-state index in [2.05, 4.69) is 0 Å². The van der Waals surface area contributed by atoms with Crippen LogP contribution < -0.4 is 0 Å². The minimum atomic E-state index is -0.365. The molecule has 0 radical (unpaired) electrons. The Labute approximate surface area is 99.2 Å². The van der Waals surface area contributed by atoms with E-state index in [4.69, 9.17) is 4.74 Å². The van der Waals surface area contributed by atoms with Gasteiger partial charge >= 0.3 is 0 Å². The van der Waals surface area contributed by atoms with Gasteiger partial charge in [-0.05, 0) is 19.1 Å². The van der Waals surface area contributed by atoms with Crippen LogP contribution in [0.15, 0.2) is 18.2 Å². The lowest BCUT2D eigenvalue weighted by atomic mass is 10.1. The van der Waals surface area contributed by atoms with E-state index in [0.717, 1.165) is 0 Å². The van der Waals surface area contributed by atoms with Crippen molar-refractivity contribution in [1.29, 1.82) is 0 Å². The number of nitrogens with zero attached hydrogens (tertiary/aromatic N) is 1. The predicted molar refractivity (Wildman–Crippen MR) is 61.1 cm³/mol. The van der Waals surface area contributed by atoms with Gasteiger partial charge in [0.15, 0.2) is 0 Å². The molecule has 0 spiro atoms. The Morgan fingerprint density at radius 2 is 2.06 bits per heavy atom. The smallest absolute Gasteiger partial charge is 0.261 e. The third-order valence-corrected chi connectivity index (χ3v) is 2.76. The molecule has 17 heavy (non-hydrogen) atoms. The molecule has 0 saturated carbocycles. The van der Waals surface area contributed by atoms with Crippen molar-refractivity contribution in [3.05, 3.63) is 23.8 Å². The lowest BCUT2D eigenvalue weighted by Gasteiger charge is -2.31. The molecule has 1 aromatic carbocycles. The van der Waals surface area contributed by atoms with Crippen LogP contribution in [0.2, 0.25) is 0 Å². The first-order valence-corrected chi connectivity index (χ1v) is 5.51. The average Bonchev–Trinajstić information content (AvgIpc) is 2.28. The minimum absolute atomic E-state index is 0.0271. The summed E-state index contributed by atoms with van der Waals surface area (Å²) in [5.41, 5.74) is -0.0402. The van der Waals surface area contributed by atoms with Crippen molar-refractivity contribution in [2.24, 2.45) is 0 Å². The van der Waals surface area contributed by atoms with Gasteiger partial charge < -0.3 is 19.8 Å². The van der Waals surface area contributed by atoms with E-state index in [-0.39, 0.29) is 29.1 Å². The third kappa shape index (κ3) is 2.34. The Balaban J connectivity index is 2.24. The fourth-order valence-electron chi connectivity index (χ4n) is 1.91. The minimum Gasteiger partial charge on any atom is -0.507 e. The summed E-state index contributed by atoms with van der Waals surface area (Å²) < 4.78 is 5.34. The SMILES string of the molecule is CC1CN(C(=O)c2c(O)cccc2O)CCO1. The number of ether oxygens (including phenoxy) is 1. The van der Waals surface area contributed by atoms with Crippen LogP contribution in [0, 0.1) is 0 Å². The van der Waals surface area contributed by atoms with E-state index in [9.17, 15) is 15.0 Å². The summed E-state index contributed by atoms with van der Waals surface area (Å²) in [4.78, 5) is 13.7. The lowest BCUT2D eigenvalue weighted by Crippen LogP contribution is -2.44. The van der Waals surface area contributed by atoms with Crippen LogP contribution in [-0.2, 0) is 4.74 Å². The third-order valence-electron chi connectivity index (χ3n) is 2.76. The number of morpholine rings is 1. The summed E-state index contributed by atoms with van der Waals surface area (Å²) in [6.07, 6.45) is -0.0271. The number of rotatable bonds is 1. The lowest BCUT2D eigenvalue weighted by molar-refractivity contribution is -0.0126. The molecule has 1 unspecified atom stereocenters. The van der Waals surface area contributed by atoms with Crippen molar-refractivity contribution < 1.29 is 19.7 Å². The molecule has 1 fully saturated rings. The Morgan fingerprint density at radius 1 is 1.41 bits per heavy atom. The maximum atomic E-state index is 12.1. The van der Waals surface area contributed by atoms with Gasteiger partial charge in [0, 0.05) is 13.1 Å². The Hall–Kier alpha value is -1.75. The summed E-state index contributed by atoms with van der Waals surface area (Å²) in [6.45, 7) is 3.29. The molecular formula is C12H15NO4. The second-order valence-corrected chi connectivity index (χ2v) is 4.10. The number of hydrogen-bond donors (Lipinski definition) is 2. The van der Waals surface area contributed by atoms with Crippen LogP contribution in [0.3, 0.4) is 0 Å². The van der Waals surface area contributed by atoms with Gasteiger partial charge in [-0.2, -0.15) is 0 Å². The van der Waals surface area contributed by atoms with Crippen molar-refractivity contribution in [3.63, 3.8) is 0 Å². The normalized spacial score (nSPS) is 20.3. The van der Waals surface area contributed by atoms with E-state index in [1.54, 1.807) is 4.90 Å². The van der Waals surface area contributed by atoms with Gasteiger partial charge in [0.25, 0.3) is 5.91 Å². The standard InChI is InChI=1S/C12H15NO4/c1-8-7-13(5-6-17-8)12(16)11-9(14)3-2-4-10(11)15/h2-4,8,14-15H,5-7H2,1H3. The monoisotopic (exact) mass is 237 g/mol. The van der Waals surface area contributed by atoms with Gasteiger partial charge in [-0.25, -0.2) is 0 Å². The van der Waals surface area contributed by atoms with Crippen LogP contribution in [0.25, 0.3) is 0 Å². The van der Waals surface area contributed by atoms with Gasteiger partial charge in [0.2, 0.25) is 0 Å². The first-order valence-electron chi connectivity index (χ1n) is 5.51. The second-order valence-electron chi connectivity index (χ2n) is 4.10. The van der Waals surface area contributed by atoms with Crippen LogP contribution in [-0.4, -0.2) is 46.8 Å². The van der Waals surface area contributed by atoms with E-state index in [0.29, 0.717) is 19.7 Å². The fraction of sp³-hybridized carbons (Fsp3) is 0.417. The number of amides is 1. The van der Waals surface area contributed by atoms with E-state index in [1.807, 2.05) is 6.92 Å². The maximum absolute atomic E-state index is 12.1. The first kappa shape index (κ1) is 11.7. The second kappa shape index (κ2) is 4.63. The average molecular weight is 237 g/mol. The van der Waals surface area contributed by atoms with Crippen LogP contribution in [0.4, 0.5) is 0 Å². The van der Waals surface area contributed by atoms with Crippen molar-refractivity contribution >= 4 is 5.91 Å². The summed E-state index contributed by atoms with van der Waals surface area (Å²) >= 11 is 0. The molecule has 0 aromatic heterocycles. The Morgan fingerprint density at radius 3 is 2.65 bits per heavy atom. The van der Waals surface area contributed by atoms with E-state index < -0.39 is 0 Å². The molecule has 2 rings (SSSR count). The van der Waals surface area contributed by atoms with Crippen LogP contribution >= 0.6 is 0 Å². The summed E-state index contributed by atoms with van der Waals surface area (Å²) in [7, 11) is 0. The zero-order chi connectivity index (χ0) is 12.4. The molecule has 1 heterocycles. The number of phenolic OH excluding ortho intramolecular Hbond substituents is 2. The van der Waals surface area contributed by atoms with Gasteiger partial charge in [0.1, 0.15) is 17.1 Å². The highest BCUT2D eigenvalue weighted by Crippen LogP contribution is 2.28. The van der Waals surface area contributed by atoms with Crippen molar-refractivity contribution in [1.82, 2.24) is 4.90 Å². The molecule has 1 aliphatic rings. The van der Waals surface area contributed by atoms with Crippen molar-refractivity contribution in [2.45, 2.75) is 13.0 Å². The van der Waals surface area contributed by atoms with Crippen molar-refractivity contribution in [2.75, 3.05) is 19.7 Å². The molecule has 5 heteroatoms. The highest BCUT2D eigenvalue weighted by atomic mass is 16.5. The summed E-state index contributed by atoms with van der Waals surface area (Å²) in [6, 6.07) is 4.26. The highest BCUT2D eigenvalue weighted by Gasteiger charge is 2.26. The molecule has 1 saturated heterocycles. The molecule has 5 nitrogen and oxygen atoms in total. The van der Waals surface area contributed by atoms with Gasteiger partial charge in [-0.15, -0.1) is 0 Å². The highest BCUT2D eigenvalue weighted by molar-refractivity contribution is 5.99. The maximum Gasteiger partial charge on any atom is 0.261 e. The Bertz CT molecular complexity index is 412. The summed E-state index contributed by atoms with van der Waals surface area (Å²) in [5.74, 6) is -0.765. The number of benzene rings is 1. The quantitative estimate of drug-likeness (QED) is 0.763. The van der Waals surface area contributed by atoms with Crippen LogP contribution in [0.5, 0.6) is 11.5 Å². The van der Waals surface area contributed by atoms with Crippen LogP contribution in [0.1, 0.15) is 17.3 Å². The topological polar surface area (TPSA) is 70.0 Å². The number of carbonyl (C=O) groups excluding carboxylic acids is 1. The number of aromatic hydroxyl groups is 2. The van der Waals surface area contributed by atoms with Crippen molar-refractivity contribution in [3.8, 4) is 11.5 Å². The molecule has 2 N–H and O–H groups in total. The number of hydrogen-bond acceptors (Lipinski definition) is 4. The van der Waals surface area contributed by atoms with Gasteiger partial charge in [-0.1, -0.05) is 6.07 Å². The number of phenols is 2. The molecule has 1 atom stereocenters. The molecule has 1 amide bonds. The largest absolute Gasteiger partial charge is 0.507 e. The molecule has 1 aliphatic heterocycles. The molecule has 0 aliphatic carbocycles.